The van der Waals surface area contributed by atoms with Crippen molar-refractivity contribution in [2.75, 3.05) is 6.61 Å². The van der Waals surface area contributed by atoms with Gasteiger partial charge in [0, 0.05) is 0 Å². The first-order valence-corrected chi connectivity index (χ1v) is 8.40. The molecule has 0 bridgehead atoms. The number of benzene rings is 1. The van der Waals surface area contributed by atoms with E-state index in [1.807, 2.05) is 6.08 Å². The first kappa shape index (κ1) is 16.6. The maximum Gasteiger partial charge on any atom is 0.341 e. The standard InChI is InChI=1S/C15H16F2O4S/c16-15(17)22(19,20)13-8-6-12(7-9-13)14(18)21-10-11-4-2-1-3-5-11/h1-2,6-9,11,15H,3-5,10H2. The molecule has 0 amide bonds. The van der Waals surface area contributed by atoms with Gasteiger partial charge in [0.2, 0.25) is 9.84 Å². The molecule has 1 aromatic carbocycles. The molecule has 0 aliphatic heterocycles. The van der Waals surface area contributed by atoms with Gasteiger partial charge in [-0.2, -0.15) is 8.78 Å². The lowest BCUT2D eigenvalue weighted by Crippen LogP contribution is -2.16. The summed E-state index contributed by atoms with van der Waals surface area (Å²) < 4.78 is 52.5. The van der Waals surface area contributed by atoms with Gasteiger partial charge in [-0.3, -0.25) is 0 Å². The maximum atomic E-state index is 12.4. The third-order valence-corrected chi connectivity index (χ3v) is 4.88. The van der Waals surface area contributed by atoms with E-state index in [1.54, 1.807) is 0 Å². The van der Waals surface area contributed by atoms with Crippen LogP contribution in [0.4, 0.5) is 8.78 Å². The fourth-order valence-corrected chi connectivity index (χ4v) is 2.89. The largest absolute Gasteiger partial charge is 0.462 e. The molecule has 0 fully saturated rings. The van der Waals surface area contributed by atoms with Crippen molar-refractivity contribution < 1.29 is 26.7 Å². The van der Waals surface area contributed by atoms with Crippen molar-refractivity contribution >= 4 is 15.8 Å². The minimum Gasteiger partial charge on any atom is -0.462 e. The van der Waals surface area contributed by atoms with Crippen molar-refractivity contribution in [2.45, 2.75) is 29.9 Å². The van der Waals surface area contributed by atoms with Gasteiger partial charge in [-0.1, -0.05) is 12.2 Å². The molecule has 4 nitrogen and oxygen atoms in total. The van der Waals surface area contributed by atoms with Crippen LogP contribution in [0.25, 0.3) is 0 Å². The second-order valence-electron chi connectivity index (χ2n) is 5.08. The Morgan fingerprint density at radius 1 is 1.23 bits per heavy atom. The molecule has 0 aromatic heterocycles. The minimum absolute atomic E-state index is 0.138. The summed E-state index contributed by atoms with van der Waals surface area (Å²) >= 11 is 0. The van der Waals surface area contributed by atoms with Gasteiger partial charge in [0.25, 0.3) is 0 Å². The fourth-order valence-electron chi connectivity index (χ4n) is 2.17. The number of halogens is 2. The smallest absolute Gasteiger partial charge is 0.341 e. The van der Waals surface area contributed by atoms with E-state index >= 15 is 0 Å². The van der Waals surface area contributed by atoms with Crippen LogP contribution in [0.15, 0.2) is 41.3 Å². The molecule has 2 rings (SSSR count). The van der Waals surface area contributed by atoms with Crippen LogP contribution in [0.5, 0.6) is 0 Å². The summed E-state index contributed by atoms with van der Waals surface area (Å²) in [6.45, 7) is 0.292. The molecule has 1 aliphatic carbocycles. The van der Waals surface area contributed by atoms with E-state index in [-0.39, 0.29) is 11.5 Å². The lowest BCUT2D eigenvalue weighted by molar-refractivity contribution is 0.0432. The lowest BCUT2D eigenvalue weighted by Gasteiger charge is -2.17. The zero-order valence-electron chi connectivity index (χ0n) is 11.7. The average molecular weight is 330 g/mol. The average Bonchev–Trinajstić information content (AvgIpc) is 2.53. The molecule has 1 aliphatic rings. The van der Waals surface area contributed by atoms with Gasteiger partial charge in [0.1, 0.15) is 0 Å². The van der Waals surface area contributed by atoms with Gasteiger partial charge in [-0.25, -0.2) is 13.2 Å². The van der Waals surface area contributed by atoms with Crippen LogP contribution in [-0.4, -0.2) is 26.8 Å². The second-order valence-corrected chi connectivity index (χ2v) is 7.00. The summed E-state index contributed by atoms with van der Waals surface area (Å²) in [4.78, 5) is 11.3. The number of alkyl halides is 2. The van der Waals surface area contributed by atoms with E-state index in [1.165, 1.54) is 12.1 Å². The second kappa shape index (κ2) is 7.00. The number of hydrogen-bond donors (Lipinski definition) is 0. The molecule has 0 N–H and O–H groups in total. The van der Waals surface area contributed by atoms with Crippen LogP contribution >= 0.6 is 0 Å². The highest BCUT2D eigenvalue weighted by Crippen LogP contribution is 2.20. The third-order valence-electron chi connectivity index (χ3n) is 3.48. The summed E-state index contributed by atoms with van der Waals surface area (Å²) in [6.07, 6.45) is 6.91. The first-order valence-electron chi connectivity index (χ1n) is 6.85. The van der Waals surface area contributed by atoms with E-state index in [2.05, 4.69) is 6.08 Å². The highest BCUT2D eigenvalue weighted by molar-refractivity contribution is 7.91. The Kier molecular flexibility index (Phi) is 5.28. The Bertz CT molecular complexity index is 651. The van der Waals surface area contributed by atoms with E-state index in [4.69, 9.17) is 4.74 Å². The van der Waals surface area contributed by atoms with Crippen LogP contribution in [-0.2, 0) is 14.6 Å². The van der Waals surface area contributed by atoms with Crippen LogP contribution in [0.2, 0.25) is 0 Å². The predicted octanol–water partition coefficient (Wildman–Crippen LogP) is 3.20. The molecule has 22 heavy (non-hydrogen) atoms. The highest BCUT2D eigenvalue weighted by atomic mass is 32.2. The molecule has 1 atom stereocenters. The summed E-state index contributed by atoms with van der Waals surface area (Å²) in [7, 11) is -4.64. The van der Waals surface area contributed by atoms with Gasteiger partial charge in [0.05, 0.1) is 17.1 Å². The summed E-state index contributed by atoms with van der Waals surface area (Å²) in [6, 6.07) is 4.33. The molecule has 1 unspecified atom stereocenters. The van der Waals surface area contributed by atoms with Crippen molar-refractivity contribution in [1.82, 2.24) is 0 Å². The highest BCUT2D eigenvalue weighted by Gasteiger charge is 2.26. The van der Waals surface area contributed by atoms with Gasteiger partial charge in [0.15, 0.2) is 0 Å². The van der Waals surface area contributed by atoms with Crippen LogP contribution < -0.4 is 0 Å². The zero-order valence-corrected chi connectivity index (χ0v) is 12.6. The number of carbonyl (C=O) groups excluding carboxylic acids is 1. The number of ether oxygens (including phenoxy) is 1. The third kappa shape index (κ3) is 3.91. The van der Waals surface area contributed by atoms with Crippen molar-refractivity contribution in [3.05, 3.63) is 42.0 Å². The minimum atomic E-state index is -4.64. The normalized spacial score (nSPS) is 18.4. The lowest BCUT2D eigenvalue weighted by atomic mass is 9.95. The first-order chi connectivity index (χ1) is 10.4. The van der Waals surface area contributed by atoms with Crippen molar-refractivity contribution in [3.8, 4) is 0 Å². The monoisotopic (exact) mass is 330 g/mol. The quantitative estimate of drug-likeness (QED) is 0.614. The van der Waals surface area contributed by atoms with Crippen molar-refractivity contribution in [2.24, 2.45) is 5.92 Å². The zero-order chi connectivity index (χ0) is 16.2. The Morgan fingerprint density at radius 2 is 1.91 bits per heavy atom. The van der Waals surface area contributed by atoms with Gasteiger partial charge in [-0.15, -0.1) is 0 Å². The SMILES string of the molecule is O=C(OCC1CC=CCC1)c1ccc(S(=O)(=O)C(F)F)cc1. The summed E-state index contributed by atoms with van der Waals surface area (Å²) in [5, 5.41) is 0. The molecular formula is C15H16F2O4S. The number of carbonyl (C=O) groups is 1. The van der Waals surface area contributed by atoms with Crippen molar-refractivity contribution in [3.63, 3.8) is 0 Å². The van der Waals surface area contributed by atoms with Gasteiger partial charge in [-0.05, 0) is 49.4 Å². The maximum absolute atomic E-state index is 12.4. The van der Waals surface area contributed by atoms with E-state index in [0.717, 1.165) is 31.4 Å². The van der Waals surface area contributed by atoms with Crippen LogP contribution in [0, 0.1) is 5.92 Å². The summed E-state index contributed by atoms with van der Waals surface area (Å²) in [5.74, 6) is -3.78. The van der Waals surface area contributed by atoms with Gasteiger partial charge < -0.3 is 4.74 Å². The molecule has 0 saturated carbocycles. The molecule has 0 saturated heterocycles. The molecular weight excluding hydrogens is 314 g/mol. The topological polar surface area (TPSA) is 60.4 Å². The number of rotatable bonds is 5. The van der Waals surface area contributed by atoms with Crippen LogP contribution in [0.1, 0.15) is 29.6 Å². The number of allylic oxidation sites excluding steroid dienone is 2. The Labute approximate surface area is 127 Å². The molecule has 0 spiro atoms. The molecule has 1 aromatic rings. The van der Waals surface area contributed by atoms with E-state index in [0.29, 0.717) is 6.61 Å². The number of sulfone groups is 1. The molecule has 7 heteroatoms. The van der Waals surface area contributed by atoms with E-state index < -0.39 is 26.5 Å². The molecule has 0 heterocycles. The Hall–Kier alpha value is -1.76. The van der Waals surface area contributed by atoms with E-state index in [9.17, 15) is 22.0 Å². The van der Waals surface area contributed by atoms with Crippen molar-refractivity contribution in [1.29, 1.82) is 0 Å². The van der Waals surface area contributed by atoms with Crippen LogP contribution in [0.3, 0.4) is 0 Å². The number of hydrogen-bond acceptors (Lipinski definition) is 4. The Morgan fingerprint density at radius 3 is 2.45 bits per heavy atom. The van der Waals surface area contributed by atoms with Gasteiger partial charge >= 0.3 is 11.7 Å². The molecule has 0 radical (unpaired) electrons. The number of esters is 1. The summed E-state index contributed by atoms with van der Waals surface area (Å²) in [5.41, 5.74) is 0.138. The fraction of sp³-hybridized carbons (Fsp3) is 0.400. The molecule has 120 valence electrons. The predicted molar refractivity (Wildman–Crippen MR) is 76.4 cm³/mol. The Balaban J connectivity index is 1.98.